The van der Waals surface area contributed by atoms with Crippen LogP contribution in [0.1, 0.15) is 30.4 Å². The van der Waals surface area contributed by atoms with E-state index in [1.54, 1.807) is 11.0 Å². The van der Waals surface area contributed by atoms with Gasteiger partial charge >= 0.3 is 0 Å². The fourth-order valence-corrected chi connectivity index (χ4v) is 3.53. The molecule has 1 aliphatic heterocycles. The third kappa shape index (κ3) is 5.16. The van der Waals surface area contributed by atoms with E-state index in [4.69, 9.17) is 0 Å². The number of aromatic hydroxyl groups is 1. The lowest BCUT2D eigenvalue weighted by molar-refractivity contribution is -0.134. The van der Waals surface area contributed by atoms with Crippen LogP contribution in [0.3, 0.4) is 0 Å². The molecule has 1 aliphatic rings. The molecule has 4 nitrogen and oxygen atoms in total. The van der Waals surface area contributed by atoms with Gasteiger partial charge in [0.25, 0.3) is 0 Å². The zero-order valence-corrected chi connectivity index (χ0v) is 15.2. The number of carbonyl (C=O) groups excluding carboxylic acids is 2. The van der Waals surface area contributed by atoms with Gasteiger partial charge in [-0.1, -0.05) is 36.4 Å². The van der Waals surface area contributed by atoms with Crippen LogP contribution < -0.4 is 0 Å². The van der Waals surface area contributed by atoms with Gasteiger partial charge in [0.05, 0.1) is 6.42 Å². The quantitative estimate of drug-likeness (QED) is 0.848. The molecule has 5 heteroatoms. The van der Waals surface area contributed by atoms with E-state index < -0.39 is 11.6 Å². The molecule has 0 bridgehead atoms. The Kier molecular flexibility index (Phi) is 6.22. The zero-order valence-electron chi connectivity index (χ0n) is 15.2. The highest BCUT2D eigenvalue weighted by Crippen LogP contribution is 2.22. The van der Waals surface area contributed by atoms with Gasteiger partial charge in [0.2, 0.25) is 5.91 Å². The minimum Gasteiger partial charge on any atom is -0.505 e. The van der Waals surface area contributed by atoms with Crippen molar-refractivity contribution in [1.29, 1.82) is 0 Å². The second-order valence-corrected chi connectivity index (χ2v) is 7.09. The maximum absolute atomic E-state index is 13.4. The van der Waals surface area contributed by atoms with Crippen LogP contribution in [0.2, 0.25) is 0 Å². The molecule has 0 radical (unpaired) electrons. The average molecular weight is 369 g/mol. The minimum absolute atomic E-state index is 0.0716. The smallest absolute Gasteiger partial charge is 0.227 e. The summed E-state index contributed by atoms with van der Waals surface area (Å²) >= 11 is 0. The summed E-state index contributed by atoms with van der Waals surface area (Å²) in [6.07, 6.45) is 2.89. The Balaban J connectivity index is 1.54. The molecule has 1 fully saturated rings. The van der Waals surface area contributed by atoms with E-state index in [-0.39, 0.29) is 24.0 Å². The summed E-state index contributed by atoms with van der Waals surface area (Å²) in [6, 6.07) is 13.9. The lowest BCUT2D eigenvalue weighted by atomic mass is 9.90. The molecule has 0 aliphatic carbocycles. The predicted octanol–water partition coefficient (Wildman–Crippen LogP) is 3.51. The van der Waals surface area contributed by atoms with E-state index in [1.165, 1.54) is 12.1 Å². The Bertz CT molecular complexity index is 806. The molecule has 0 spiro atoms. The van der Waals surface area contributed by atoms with Crippen LogP contribution >= 0.6 is 0 Å². The number of phenols is 1. The highest BCUT2D eigenvalue weighted by Gasteiger charge is 2.28. The number of benzene rings is 2. The number of piperidine rings is 1. The first kappa shape index (κ1) is 19.1. The number of Topliss-reactive ketones (excluding diaryl/α,β-unsaturated/α-hetero) is 1. The number of likely N-dealkylation sites (tertiary alicyclic amines) is 1. The molecule has 27 heavy (non-hydrogen) atoms. The van der Waals surface area contributed by atoms with Gasteiger partial charge in [0.1, 0.15) is 5.78 Å². The third-order valence-corrected chi connectivity index (χ3v) is 5.10. The molecule has 2 aromatic carbocycles. The Hall–Kier alpha value is -2.69. The number of halogens is 1. The Labute approximate surface area is 158 Å². The van der Waals surface area contributed by atoms with E-state index in [0.29, 0.717) is 25.1 Å². The van der Waals surface area contributed by atoms with Gasteiger partial charge in [0, 0.05) is 25.4 Å². The summed E-state index contributed by atoms with van der Waals surface area (Å²) < 4.78 is 13.4. The minimum atomic E-state index is -0.729. The van der Waals surface area contributed by atoms with Crippen molar-refractivity contribution < 1.29 is 19.1 Å². The summed E-state index contributed by atoms with van der Waals surface area (Å²) in [7, 11) is 0. The summed E-state index contributed by atoms with van der Waals surface area (Å²) in [5.41, 5.74) is 1.66. The van der Waals surface area contributed by atoms with E-state index in [2.05, 4.69) is 0 Å². The first-order valence-electron chi connectivity index (χ1n) is 9.35. The van der Waals surface area contributed by atoms with Crippen molar-refractivity contribution in [3.8, 4) is 5.75 Å². The van der Waals surface area contributed by atoms with Crippen LogP contribution in [0, 0.1) is 11.7 Å². The van der Waals surface area contributed by atoms with Gasteiger partial charge < -0.3 is 10.0 Å². The number of hydrogen-bond acceptors (Lipinski definition) is 3. The van der Waals surface area contributed by atoms with Gasteiger partial charge in [-0.2, -0.15) is 0 Å². The average Bonchev–Trinajstić information content (AvgIpc) is 2.70. The molecular formula is C22H24FNO3. The molecule has 3 rings (SSSR count). The monoisotopic (exact) mass is 369 g/mol. The van der Waals surface area contributed by atoms with Gasteiger partial charge in [-0.05, 0) is 42.5 Å². The van der Waals surface area contributed by atoms with Crippen molar-refractivity contribution in [3.63, 3.8) is 0 Å². The number of nitrogens with zero attached hydrogens (tertiary/aromatic N) is 1. The fourth-order valence-electron chi connectivity index (χ4n) is 3.53. The molecule has 1 saturated heterocycles. The lowest BCUT2D eigenvalue weighted by Crippen LogP contribution is -2.43. The predicted molar refractivity (Wildman–Crippen MR) is 101 cm³/mol. The molecule has 0 saturated carbocycles. The summed E-state index contributed by atoms with van der Waals surface area (Å²) in [6.45, 7) is 1.06. The Morgan fingerprint density at radius 3 is 2.63 bits per heavy atom. The lowest BCUT2D eigenvalue weighted by Gasteiger charge is -2.32. The van der Waals surface area contributed by atoms with Crippen molar-refractivity contribution >= 4 is 11.7 Å². The zero-order chi connectivity index (χ0) is 19.2. The summed E-state index contributed by atoms with van der Waals surface area (Å²) in [5.74, 6) is -1.18. The maximum Gasteiger partial charge on any atom is 0.227 e. The molecule has 1 atom stereocenters. The van der Waals surface area contributed by atoms with Crippen LogP contribution in [0.4, 0.5) is 4.39 Å². The Morgan fingerprint density at radius 2 is 1.89 bits per heavy atom. The number of ketones is 1. The van der Waals surface area contributed by atoms with E-state index in [1.807, 2.05) is 30.3 Å². The number of aryl methyl sites for hydroxylation is 1. The van der Waals surface area contributed by atoms with Gasteiger partial charge in [-0.25, -0.2) is 4.39 Å². The fraction of sp³-hybridized carbons (Fsp3) is 0.364. The van der Waals surface area contributed by atoms with Crippen molar-refractivity contribution in [1.82, 2.24) is 4.90 Å². The van der Waals surface area contributed by atoms with E-state index in [9.17, 15) is 19.1 Å². The molecule has 142 valence electrons. The standard InChI is InChI=1S/C22H24FNO3/c23-19-13-17(9-11-21(19)26)14-22(27)24-12-4-7-18(15-24)20(25)10-8-16-5-2-1-3-6-16/h1-3,5-6,9,11,13,18,26H,4,7-8,10,12,14-15H2. The number of phenolic OH excluding ortho intramolecular Hbond substituents is 1. The van der Waals surface area contributed by atoms with E-state index in [0.717, 1.165) is 24.8 Å². The largest absolute Gasteiger partial charge is 0.505 e. The normalized spacial score (nSPS) is 16.9. The van der Waals surface area contributed by atoms with Crippen molar-refractivity contribution in [2.24, 2.45) is 5.92 Å². The SMILES string of the molecule is O=C(CCc1ccccc1)C1CCCN(C(=O)Cc2ccc(O)c(F)c2)C1. The van der Waals surface area contributed by atoms with Gasteiger partial charge in [0.15, 0.2) is 11.6 Å². The first-order valence-corrected chi connectivity index (χ1v) is 9.35. The van der Waals surface area contributed by atoms with Crippen LogP contribution in [-0.4, -0.2) is 34.8 Å². The number of carbonyl (C=O) groups is 2. The second-order valence-electron chi connectivity index (χ2n) is 7.09. The van der Waals surface area contributed by atoms with Crippen LogP contribution in [0.5, 0.6) is 5.75 Å². The topological polar surface area (TPSA) is 57.6 Å². The van der Waals surface area contributed by atoms with Crippen molar-refractivity contribution in [2.75, 3.05) is 13.1 Å². The number of hydrogen-bond donors (Lipinski definition) is 1. The highest BCUT2D eigenvalue weighted by atomic mass is 19.1. The summed E-state index contributed by atoms with van der Waals surface area (Å²) in [4.78, 5) is 26.8. The van der Waals surface area contributed by atoms with Crippen LogP contribution in [-0.2, 0) is 22.4 Å². The molecule has 0 aromatic heterocycles. The van der Waals surface area contributed by atoms with E-state index >= 15 is 0 Å². The molecular weight excluding hydrogens is 345 g/mol. The molecule has 1 N–H and O–H groups in total. The first-order chi connectivity index (χ1) is 13.0. The Morgan fingerprint density at radius 1 is 1.11 bits per heavy atom. The second kappa shape index (κ2) is 8.80. The van der Waals surface area contributed by atoms with Crippen LogP contribution in [0.15, 0.2) is 48.5 Å². The number of rotatable bonds is 6. The molecule has 1 unspecified atom stereocenters. The van der Waals surface area contributed by atoms with Crippen molar-refractivity contribution in [2.45, 2.75) is 32.1 Å². The maximum atomic E-state index is 13.4. The molecule has 1 amide bonds. The van der Waals surface area contributed by atoms with Crippen molar-refractivity contribution in [3.05, 3.63) is 65.5 Å². The number of amides is 1. The highest BCUT2D eigenvalue weighted by molar-refractivity contribution is 5.83. The third-order valence-electron chi connectivity index (χ3n) is 5.10. The van der Waals surface area contributed by atoms with Gasteiger partial charge in [-0.3, -0.25) is 9.59 Å². The van der Waals surface area contributed by atoms with Crippen LogP contribution in [0.25, 0.3) is 0 Å². The summed E-state index contributed by atoms with van der Waals surface area (Å²) in [5, 5.41) is 9.25. The van der Waals surface area contributed by atoms with Gasteiger partial charge in [-0.15, -0.1) is 0 Å². The molecule has 2 aromatic rings. The molecule has 1 heterocycles.